The van der Waals surface area contributed by atoms with E-state index in [2.05, 4.69) is 15.3 Å². The van der Waals surface area contributed by atoms with Crippen LogP contribution in [0.1, 0.15) is 13.3 Å². The second kappa shape index (κ2) is 8.74. The van der Waals surface area contributed by atoms with Gasteiger partial charge >= 0.3 is 0 Å². The molecule has 4 rings (SSSR count). The zero-order valence-corrected chi connectivity index (χ0v) is 16.6. The summed E-state index contributed by atoms with van der Waals surface area (Å²) in [6.07, 6.45) is 3.82. The van der Waals surface area contributed by atoms with Crippen LogP contribution in [0.2, 0.25) is 0 Å². The van der Waals surface area contributed by atoms with E-state index in [4.69, 9.17) is 13.9 Å². The van der Waals surface area contributed by atoms with Gasteiger partial charge < -0.3 is 19.2 Å². The number of furan rings is 1. The highest BCUT2D eigenvalue weighted by molar-refractivity contribution is 7.17. The molecule has 0 aliphatic heterocycles. The normalized spacial score (nSPS) is 10.8. The van der Waals surface area contributed by atoms with Gasteiger partial charge in [-0.1, -0.05) is 6.07 Å². The number of hydrogen-bond donors (Lipinski definition) is 1. The second-order valence-electron chi connectivity index (χ2n) is 6.25. The number of ether oxygens (including phenoxy) is 2. The Labute approximate surface area is 171 Å². The van der Waals surface area contributed by atoms with Crippen molar-refractivity contribution in [3.63, 3.8) is 0 Å². The number of carbonyl (C=O) groups is 1. The van der Waals surface area contributed by atoms with Gasteiger partial charge in [-0.25, -0.2) is 9.97 Å². The van der Waals surface area contributed by atoms with Crippen LogP contribution in [0.5, 0.6) is 11.6 Å². The predicted molar refractivity (Wildman–Crippen MR) is 111 cm³/mol. The number of nitrogens with zero attached hydrogens (tertiary/aromatic N) is 2. The van der Waals surface area contributed by atoms with Crippen LogP contribution in [0.4, 0.5) is 5.69 Å². The third-order valence-electron chi connectivity index (χ3n) is 4.07. The number of fused-ring (bicyclic) bond motifs is 1. The average Bonchev–Trinajstić information content (AvgIpc) is 3.37. The summed E-state index contributed by atoms with van der Waals surface area (Å²) < 4.78 is 17.2. The van der Waals surface area contributed by atoms with Crippen molar-refractivity contribution >= 4 is 33.1 Å². The fraction of sp³-hybridized carbons (Fsp3) is 0.190. The Morgan fingerprint density at radius 2 is 2.07 bits per heavy atom. The molecule has 0 atom stereocenters. The van der Waals surface area contributed by atoms with Gasteiger partial charge in [0, 0.05) is 36.0 Å². The third kappa shape index (κ3) is 4.55. The summed E-state index contributed by atoms with van der Waals surface area (Å²) in [7, 11) is 0. The number of nitrogens with one attached hydrogen (secondary N) is 1. The molecule has 0 bridgehead atoms. The van der Waals surface area contributed by atoms with Crippen LogP contribution in [0.15, 0.2) is 58.8 Å². The Balaban J connectivity index is 1.35. The molecule has 1 N–H and O–H groups in total. The van der Waals surface area contributed by atoms with Crippen LogP contribution in [-0.2, 0) is 4.79 Å². The lowest BCUT2D eigenvalue weighted by Gasteiger charge is -2.10. The summed E-state index contributed by atoms with van der Waals surface area (Å²) in [5.41, 5.74) is 1.63. The van der Waals surface area contributed by atoms with Crippen molar-refractivity contribution in [2.24, 2.45) is 0 Å². The number of benzene rings is 1. The maximum absolute atomic E-state index is 11.1. The Morgan fingerprint density at radius 1 is 1.17 bits per heavy atom. The fourth-order valence-corrected chi connectivity index (χ4v) is 3.74. The molecule has 148 valence electrons. The summed E-state index contributed by atoms with van der Waals surface area (Å²) in [4.78, 5) is 20.6. The SMILES string of the molecule is CC(=O)Nc1cccc(OCCCOc2ncnc3scc(-c4ccco4)c23)c1. The van der Waals surface area contributed by atoms with E-state index in [0.29, 0.717) is 37.0 Å². The molecule has 3 heterocycles. The lowest BCUT2D eigenvalue weighted by Crippen LogP contribution is -2.07. The maximum atomic E-state index is 11.1. The first kappa shape index (κ1) is 18.9. The van der Waals surface area contributed by atoms with E-state index in [1.807, 2.05) is 35.7 Å². The van der Waals surface area contributed by atoms with Gasteiger partial charge in [-0.05, 0) is 24.3 Å². The first-order valence-electron chi connectivity index (χ1n) is 9.10. The van der Waals surface area contributed by atoms with E-state index >= 15 is 0 Å². The van der Waals surface area contributed by atoms with Gasteiger partial charge in [0.2, 0.25) is 11.8 Å². The van der Waals surface area contributed by atoms with Crippen molar-refractivity contribution in [2.75, 3.05) is 18.5 Å². The molecule has 0 saturated carbocycles. The van der Waals surface area contributed by atoms with Crippen molar-refractivity contribution in [2.45, 2.75) is 13.3 Å². The molecule has 0 aliphatic rings. The molecule has 0 radical (unpaired) electrons. The summed E-state index contributed by atoms with van der Waals surface area (Å²) in [5, 5.41) is 5.59. The topological polar surface area (TPSA) is 86.5 Å². The second-order valence-corrected chi connectivity index (χ2v) is 7.10. The van der Waals surface area contributed by atoms with Crippen molar-refractivity contribution in [1.82, 2.24) is 9.97 Å². The molecule has 0 fully saturated rings. The molecule has 0 spiro atoms. The van der Waals surface area contributed by atoms with E-state index in [1.165, 1.54) is 24.6 Å². The highest BCUT2D eigenvalue weighted by Gasteiger charge is 2.15. The zero-order valence-electron chi connectivity index (χ0n) is 15.8. The first-order chi connectivity index (χ1) is 14.2. The van der Waals surface area contributed by atoms with Crippen LogP contribution >= 0.6 is 11.3 Å². The highest BCUT2D eigenvalue weighted by atomic mass is 32.1. The largest absolute Gasteiger partial charge is 0.493 e. The monoisotopic (exact) mass is 409 g/mol. The van der Waals surface area contributed by atoms with E-state index < -0.39 is 0 Å². The van der Waals surface area contributed by atoms with E-state index in [0.717, 1.165) is 21.5 Å². The predicted octanol–water partition coefficient (Wildman–Crippen LogP) is 4.76. The molecule has 29 heavy (non-hydrogen) atoms. The Morgan fingerprint density at radius 3 is 2.90 bits per heavy atom. The first-order valence-corrected chi connectivity index (χ1v) is 9.98. The van der Waals surface area contributed by atoms with Crippen LogP contribution < -0.4 is 14.8 Å². The van der Waals surface area contributed by atoms with Crippen molar-refractivity contribution in [3.05, 3.63) is 54.4 Å². The van der Waals surface area contributed by atoms with E-state index in [9.17, 15) is 4.79 Å². The maximum Gasteiger partial charge on any atom is 0.226 e. The van der Waals surface area contributed by atoms with Gasteiger partial charge in [0.15, 0.2) is 0 Å². The summed E-state index contributed by atoms with van der Waals surface area (Å²) in [5.74, 6) is 1.88. The summed E-state index contributed by atoms with van der Waals surface area (Å²) in [6, 6.07) is 11.0. The fourth-order valence-electron chi connectivity index (χ4n) is 2.85. The number of anilines is 1. The van der Waals surface area contributed by atoms with Crippen LogP contribution in [-0.4, -0.2) is 29.1 Å². The van der Waals surface area contributed by atoms with Gasteiger partial charge in [0.1, 0.15) is 22.7 Å². The molecule has 0 unspecified atom stereocenters. The molecule has 8 heteroatoms. The standard InChI is InChI=1S/C21H19N3O4S/c1-14(25)24-15-5-2-6-16(11-15)26-9-4-10-28-20-19-17(18-7-3-8-27-18)12-29-21(19)23-13-22-20/h2-3,5-8,11-13H,4,9-10H2,1H3,(H,24,25). The Hall–Kier alpha value is -3.39. The number of carbonyl (C=O) groups excluding carboxylic acids is 1. The molecule has 1 aromatic carbocycles. The Kier molecular flexibility index (Phi) is 5.71. The molecule has 0 aliphatic carbocycles. The number of amides is 1. The molecule has 0 saturated heterocycles. The van der Waals surface area contributed by atoms with Crippen LogP contribution in [0.3, 0.4) is 0 Å². The van der Waals surface area contributed by atoms with Crippen molar-refractivity contribution < 1.29 is 18.7 Å². The highest BCUT2D eigenvalue weighted by Crippen LogP contribution is 2.37. The minimum Gasteiger partial charge on any atom is -0.493 e. The number of hydrogen-bond acceptors (Lipinski definition) is 7. The summed E-state index contributed by atoms with van der Waals surface area (Å²) >= 11 is 1.53. The minimum atomic E-state index is -0.117. The summed E-state index contributed by atoms with van der Waals surface area (Å²) in [6.45, 7) is 2.40. The molecule has 4 aromatic rings. The lowest BCUT2D eigenvalue weighted by molar-refractivity contribution is -0.114. The minimum absolute atomic E-state index is 0.117. The van der Waals surface area contributed by atoms with Crippen molar-refractivity contribution in [3.8, 4) is 23.0 Å². The molecular weight excluding hydrogens is 390 g/mol. The van der Waals surface area contributed by atoms with Crippen LogP contribution in [0.25, 0.3) is 21.5 Å². The Bertz CT molecular complexity index is 1110. The quantitative estimate of drug-likeness (QED) is 0.422. The smallest absolute Gasteiger partial charge is 0.226 e. The zero-order chi connectivity index (χ0) is 20.1. The number of thiophene rings is 1. The number of aromatic nitrogens is 2. The van der Waals surface area contributed by atoms with Crippen LogP contribution in [0, 0.1) is 0 Å². The van der Waals surface area contributed by atoms with E-state index in [-0.39, 0.29) is 5.91 Å². The average molecular weight is 409 g/mol. The van der Waals surface area contributed by atoms with Gasteiger partial charge in [-0.2, -0.15) is 0 Å². The third-order valence-corrected chi connectivity index (χ3v) is 4.96. The molecular formula is C21H19N3O4S. The number of rotatable bonds is 8. The van der Waals surface area contributed by atoms with Gasteiger partial charge in [-0.3, -0.25) is 4.79 Å². The molecule has 1 amide bonds. The van der Waals surface area contributed by atoms with Gasteiger partial charge in [-0.15, -0.1) is 11.3 Å². The molecule has 3 aromatic heterocycles. The lowest BCUT2D eigenvalue weighted by atomic mass is 10.2. The van der Waals surface area contributed by atoms with Gasteiger partial charge in [0.05, 0.1) is 24.9 Å². The van der Waals surface area contributed by atoms with E-state index in [1.54, 1.807) is 12.3 Å². The van der Waals surface area contributed by atoms with Crippen molar-refractivity contribution in [1.29, 1.82) is 0 Å². The van der Waals surface area contributed by atoms with Gasteiger partial charge in [0.25, 0.3) is 0 Å². The molecule has 7 nitrogen and oxygen atoms in total.